The Bertz CT molecular complexity index is 598. The van der Waals surface area contributed by atoms with Crippen LogP contribution in [0.25, 0.3) is 6.08 Å². The van der Waals surface area contributed by atoms with E-state index in [1.54, 1.807) is 38.4 Å². The smallest absolute Gasteiger partial charge is 0.264 e. The molecule has 0 aliphatic rings. The van der Waals surface area contributed by atoms with E-state index in [1.165, 1.54) is 18.1 Å². The number of carbonyl (C=O) groups is 1. The lowest BCUT2D eigenvalue weighted by Gasteiger charge is -2.11. The molecule has 0 aromatic heterocycles. The third-order valence-corrected chi connectivity index (χ3v) is 2.61. The van der Waals surface area contributed by atoms with Crippen LogP contribution in [-0.4, -0.2) is 38.6 Å². The largest absolute Gasteiger partial charge is 0.493 e. The lowest BCUT2D eigenvalue weighted by molar-refractivity contribution is -0.124. The molecule has 110 valence electrons. The van der Waals surface area contributed by atoms with Gasteiger partial charge in [-0.2, -0.15) is 5.26 Å². The SMILES string of the molecule is C=CCOc1ccc(/C=C(/C#N)C(=O)N(C)C)cc1OC. The Morgan fingerprint density at radius 2 is 2.14 bits per heavy atom. The number of amides is 1. The first-order valence-electron chi connectivity index (χ1n) is 6.28. The molecule has 0 bridgehead atoms. The molecule has 0 fully saturated rings. The molecule has 21 heavy (non-hydrogen) atoms. The summed E-state index contributed by atoms with van der Waals surface area (Å²) >= 11 is 0. The molecule has 0 heterocycles. The molecule has 5 nitrogen and oxygen atoms in total. The summed E-state index contributed by atoms with van der Waals surface area (Å²) < 4.78 is 10.7. The van der Waals surface area contributed by atoms with Gasteiger partial charge >= 0.3 is 0 Å². The van der Waals surface area contributed by atoms with Gasteiger partial charge in [-0.05, 0) is 23.8 Å². The molecule has 0 aliphatic carbocycles. The zero-order valence-corrected chi connectivity index (χ0v) is 12.4. The van der Waals surface area contributed by atoms with Crippen LogP contribution in [0.1, 0.15) is 5.56 Å². The predicted molar refractivity (Wildman–Crippen MR) is 81.0 cm³/mol. The number of ether oxygens (including phenoxy) is 2. The number of rotatable bonds is 6. The number of benzene rings is 1. The number of hydrogen-bond donors (Lipinski definition) is 0. The minimum atomic E-state index is -0.344. The van der Waals surface area contributed by atoms with E-state index in [2.05, 4.69) is 6.58 Å². The van der Waals surface area contributed by atoms with Gasteiger partial charge in [-0.15, -0.1) is 0 Å². The summed E-state index contributed by atoms with van der Waals surface area (Å²) in [5.41, 5.74) is 0.742. The van der Waals surface area contributed by atoms with E-state index in [0.717, 1.165) is 0 Å². The zero-order valence-electron chi connectivity index (χ0n) is 12.4. The van der Waals surface area contributed by atoms with Crippen LogP contribution in [0.5, 0.6) is 11.5 Å². The molecule has 1 aromatic carbocycles. The summed E-state index contributed by atoms with van der Waals surface area (Å²) in [6.07, 6.45) is 3.15. The van der Waals surface area contributed by atoms with Crippen molar-refractivity contribution in [3.05, 3.63) is 42.0 Å². The normalized spacial score (nSPS) is 10.5. The minimum absolute atomic E-state index is 0.0572. The molecule has 5 heteroatoms. The summed E-state index contributed by atoms with van der Waals surface area (Å²) in [5, 5.41) is 9.07. The lowest BCUT2D eigenvalue weighted by atomic mass is 10.1. The zero-order chi connectivity index (χ0) is 15.8. The van der Waals surface area contributed by atoms with E-state index in [-0.39, 0.29) is 11.5 Å². The van der Waals surface area contributed by atoms with Crippen LogP contribution >= 0.6 is 0 Å². The van der Waals surface area contributed by atoms with Gasteiger partial charge in [0, 0.05) is 14.1 Å². The van der Waals surface area contributed by atoms with E-state index < -0.39 is 0 Å². The molecule has 0 saturated heterocycles. The third kappa shape index (κ3) is 4.39. The highest BCUT2D eigenvalue weighted by molar-refractivity contribution is 6.01. The van der Waals surface area contributed by atoms with Gasteiger partial charge in [0.2, 0.25) is 0 Å². The van der Waals surface area contributed by atoms with Crippen LogP contribution in [0, 0.1) is 11.3 Å². The summed E-state index contributed by atoms with van der Waals surface area (Å²) in [5.74, 6) is 0.760. The number of nitriles is 1. The fraction of sp³-hybridized carbons (Fsp3) is 0.250. The summed E-state index contributed by atoms with van der Waals surface area (Å²) in [7, 11) is 4.72. The lowest BCUT2D eigenvalue weighted by Crippen LogP contribution is -2.22. The standard InChI is InChI=1S/C16H18N2O3/c1-5-8-21-14-7-6-12(10-15(14)20-4)9-13(11-17)16(19)18(2)3/h5-7,9-10H,1,8H2,2-4H3/b13-9-. The van der Waals surface area contributed by atoms with E-state index >= 15 is 0 Å². The number of hydrogen-bond acceptors (Lipinski definition) is 4. The molecule has 1 aromatic rings. The van der Waals surface area contributed by atoms with Crippen LogP contribution in [0.15, 0.2) is 36.4 Å². The second-order valence-corrected chi connectivity index (χ2v) is 4.38. The third-order valence-electron chi connectivity index (χ3n) is 2.61. The van der Waals surface area contributed by atoms with Crippen molar-refractivity contribution in [3.63, 3.8) is 0 Å². The second kappa shape index (κ2) is 7.75. The summed E-state index contributed by atoms with van der Waals surface area (Å²) in [6.45, 7) is 3.95. The molecular formula is C16H18N2O3. The summed E-state index contributed by atoms with van der Waals surface area (Å²) in [6, 6.07) is 7.09. The molecule has 0 atom stereocenters. The highest BCUT2D eigenvalue weighted by Gasteiger charge is 2.12. The van der Waals surface area contributed by atoms with Crippen LogP contribution in [0.2, 0.25) is 0 Å². The molecule has 1 amide bonds. The first kappa shape index (κ1) is 16.3. The quantitative estimate of drug-likeness (QED) is 0.457. The van der Waals surface area contributed by atoms with Crippen LogP contribution < -0.4 is 9.47 Å². The molecule has 0 radical (unpaired) electrons. The van der Waals surface area contributed by atoms with Crippen molar-refractivity contribution in [2.24, 2.45) is 0 Å². The average Bonchev–Trinajstić information content (AvgIpc) is 2.50. The molecule has 0 aliphatic heterocycles. The summed E-state index contributed by atoms with van der Waals surface area (Å²) in [4.78, 5) is 13.2. The van der Waals surface area contributed by atoms with E-state index in [1.807, 2.05) is 6.07 Å². The Hall–Kier alpha value is -2.74. The van der Waals surface area contributed by atoms with Gasteiger partial charge in [-0.25, -0.2) is 0 Å². The first-order chi connectivity index (χ1) is 10.0. The molecule has 1 rings (SSSR count). The van der Waals surface area contributed by atoms with Crippen molar-refractivity contribution in [2.75, 3.05) is 27.8 Å². The number of methoxy groups -OCH3 is 1. The van der Waals surface area contributed by atoms with E-state index in [4.69, 9.17) is 14.7 Å². The van der Waals surface area contributed by atoms with Crippen LogP contribution in [0.4, 0.5) is 0 Å². The van der Waals surface area contributed by atoms with Crippen LogP contribution in [-0.2, 0) is 4.79 Å². The second-order valence-electron chi connectivity index (χ2n) is 4.38. The predicted octanol–water partition coefficient (Wildman–Crippen LogP) is 2.26. The van der Waals surface area contributed by atoms with Crippen molar-refractivity contribution < 1.29 is 14.3 Å². The van der Waals surface area contributed by atoms with Crippen LogP contribution in [0.3, 0.4) is 0 Å². The maximum atomic E-state index is 11.8. The van der Waals surface area contributed by atoms with Crippen molar-refractivity contribution in [2.45, 2.75) is 0 Å². The Morgan fingerprint density at radius 3 is 2.67 bits per heavy atom. The van der Waals surface area contributed by atoms with E-state index in [9.17, 15) is 4.79 Å². The van der Waals surface area contributed by atoms with Gasteiger partial charge in [0.25, 0.3) is 5.91 Å². The molecule has 0 N–H and O–H groups in total. The van der Waals surface area contributed by atoms with Gasteiger partial charge in [0.1, 0.15) is 18.2 Å². The Labute approximate surface area is 124 Å². The van der Waals surface area contributed by atoms with Gasteiger partial charge in [-0.3, -0.25) is 4.79 Å². The highest BCUT2D eigenvalue weighted by atomic mass is 16.5. The van der Waals surface area contributed by atoms with Gasteiger partial charge in [0.15, 0.2) is 11.5 Å². The topological polar surface area (TPSA) is 62.6 Å². The Morgan fingerprint density at radius 1 is 1.43 bits per heavy atom. The molecule has 0 unspecified atom stereocenters. The van der Waals surface area contributed by atoms with Gasteiger partial charge in [0.05, 0.1) is 7.11 Å². The number of likely N-dealkylation sites (N-methyl/N-ethyl adjacent to an activating group) is 1. The van der Waals surface area contributed by atoms with Crippen molar-refractivity contribution in [3.8, 4) is 17.6 Å². The van der Waals surface area contributed by atoms with Crippen molar-refractivity contribution in [1.82, 2.24) is 4.90 Å². The fourth-order valence-electron chi connectivity index (χ4n) is 1.59. The fourth-order valence-corrected chi connectivity index (χ4v) is 1.59. The minimum Gasteiger partial charge on any atom is -0.493 e. The number of nitrogens with zero attached hydrogens (tertiary/aromatic N) is 2. The Balaban J connectivity index is 3.12. The highest BCUT2D eigenvalue weighted by Crippen LogP contribution is 2.29. The van der Waals surface area contributed by atoms with Crippen molar-refractivity contribution >= 4 is 12.0 Å². The number of carbonyl (C=O) groups excluding carboxylic acids is 1. The maximum Gasteiger partial charge on any atom is 0.264 e. The van der Waals surface area contributed by atoms with Gasteiger partial charge < -0.3 is 14.4 Å². The Kier molecular flexibility index (Phi) is 6.02. The van der Waals surface area contributed by atoms with Gasteiger partial charge in [-0.1, -0.05) is 18.7 Å². The average molecular weight is 286 g/mol. The first-order valence-corrected chi connectivity index (χ1v) is 6.28. The van der Waals surface area contributed by atoms with E-state index in [0.29, 0.717) is 23.7 Å². The molecule has 0 spiro atoms. The van der Waals surface area contributed by atoms with Crippen molar-refractivity contribution in [1.29, 1.82) is 5.26 Å². The molecule has 0 saturated carbocycles. The molecular weight excluding hydrogens is 268 g/mol. The maximum absolute atomic E-state index is 11.8. The monoisotopic (exact) mass is 286 g/mol.